The van der Waals surface area contributed by atoms with Crippen LogP contribution in [0.3, 0.4) is 0 Å². The molecular formula is C14H14N4O4. The molecule has 0 fully saturated rings. The number of aromatic nitrogens is 1. The van der Waals surface area contributed by atoms with Gasteiger partial charge in [-0.1, -0.05) is 6.07 Å². The van der Waals surface area contributed by atoms with Crippen molar-refractivity contribution in [1.29, 1.82) is 0 Å². The van der Waals surface area contributed by atoms with Crippen molar-refractivity contribution in [3.05, 3.63) is 52.2 Å². The number of rotatable bonds is 6. The summed E-state index contributed by atoms with van der Waals surface area (Å²) in [6.45, 7) is 0. The van der Waals surface area contributed by atoms with Gasteiger partial charge in [-0.25, -0.2) is 4.98 Å². The first-order valence-corrected chi connectivity index (χ1v) is 6.26. The molecule has 0 aliphatic carbocycles. The van der Waals surface area contributed by atoms with E-state index in [0.717, 1.165) is 6.20 Å². The molecule has 0 amide bonds. The Hall–Kier alpha value is -3.16. The van der Waals surface area contributed by atoms with E-state index in [1.165, 1.54) is 18.3 Å². The third-order valence-corrected chi connectivity index (χ3v) is 2.80. The number of ether oxygens (including phenoxy) is 2. The minimum atomic E-state index is -0.514. The van der Waals surface area contributed by atoms with E-state index in [1.54, 1.807) is 32.4 Å². The Balaban J connectivity index is 2.14. The monoisotopic (exact) mass is 302 g/mol. The molecule has 0 saturated carbocycles. The second-order valence-corrected chi connectivity index (χ2v) is 4.10. The first kappa shape index (κ1) is 15.2. The first-order chi connectivity index (χ1) is 10.7. The summed E-state index contributed by atoms with van der Waals surface area (Å²) in [5.41, 5.74) is 3.27. The van der Waals surface area contributed by atoms with Gasteiger partial charge < -0.3 is 9.47 Å². The molecule has 2 rings (SSSR count). The Morgan fingerprint density at radius 3 is 2.41 bits per heavy atom. The first-order valence-electron chi connectivity index (χ1n) is 6.26. The van der Waals surface area contributed by atoms with Crippen LogP contribution in [0.15, 0.2) is 41.6 Å². The smallest absolute Gasteiger partial charge is 0.287 e. The molecule has 0 spiro atoms. The van der Waals surface area contributed by atoms with Crippen molar-refractivity contribution in [2.75, 3.05) is 19.6 Å². The Morgan fingerprint density at radius 1 is 1.23 bits per heavy atom. The molecule has 1 N–H and O–H groups in total. The van der Waals surface area contributed by atoms with Gasteiger partial charge in [0.25, 0.3) is 5.69 Å². The average Bonchev–Trinajstić information content (AvgIpc) is 2.55. The van der Waals surface area contributed by atoms with E-state index in [9.17, 15) is 10.1 Å². The number of nitro groups is 1. The van der Waals surface area contributed by atoms with Crippen LogP contribution in [0.1, 0.15) is 5.56 Å². The van der Waals surface area contributed by atoms with E-state index in [4.69, 9.17) is 9.47 Å². The van der Waals surface area contributed by atoms with Crippen molar-refractivity contribution in [2.24, 2.45) is 5.10 Å². The zero-order valence-electron chi connectivity index (χ0n) is 12.0. The number of hydrogen-bond acceptors (Lipinski definition) is 7. The van der Waals surface area contributed by atoms with Gasteiger partial charge in [-0.15, -0.1) is 0 Å². The Labute approximate surface area is 126 Å². The van der Waals surface area contributed by atoms with Crippen LogP contribution in [0.5, 0.6) is 11.5 Å². The number of nitrogens with zero attached hydrogens (tertiary/aromatic N) is 3. The van der Waals surface area contributed by atoms with Gasteiger partial charge in [0, 0.05) is 6.07 Å². The number of hydrogen-bond donors (Lipinski definition) is 1. The number of pyridine rings is 1. The van der Waals surface area contributed by atoms with Crippen molar-refractivity contribution in [3.8, 4) is 11.5 Å². The Kier molecular flexibility index (Phi) is 4.86. The molecule has 0 aliphatic heterocycles. The van der Waals surface area contributed by atoms with Crippen LogP contribution in [0.2, 0.25) is 0 Å². The van der Waals surface area contributed by atoms with Crippen molar-refractivity contribution in [2.45, 2.75) is 0 Å². The van der Waals surface area contributed by atoms with E-state index in [1.807, 2.05) is 0 Å². The molecule has 0 bridgehead atoms. The van der Waals surface area contributed by atoms with Crippen LogP contribution in [0.25, 0.3) is 0 Å². The molecule has 0 unspecified atom stereocenters. The number of methoxy groups -OCH3 is 2. The third-order valence-electron chi connectivity index (χ3n) is 2.80. The summed E-state index contributed by atoms with van der Waals surface area (Å²) >= 11 is 0. The summed E-state index contributed by atoms with van der Waals surface area (Å²) < 4.78 is 10.5. The fraction of sp³-hybridized carbons (Fsp3) is 0.143. The highest BCUT2D eigenvalue weighted by molar-refractivity contribution is 5.87. The van der Waals surface area contributed by atoms with Gasteiger partial charge in [0.15, 0.2) is 0 Å². The predicted molar refractivity (Wildman–Crippen MR) is 81.7 cm³/mol. The summed E-state index contributed by atoms with van der Waals surface area (Å²) in [5.74, 6) is 1.61. The molecule has 1 aromatic heterocycles. The lowest BCUT2D eigenvalue weighted by atomic mass is 10.2. The molecule has 8 nitrogen and oxygen atoms in total. The standard InChI is InChI=1S/C14H14N4O4/c1-21-12-4-3-5-13(22-2)11(12)9-16-17-14-7-6-10(8-15-14)18(19)20/h3-9H,1-2H3,(H,15,17)/b16-9-. The van der Waals surface area contributed by atoms with E-state index in [2.05, 4.69) is 15.5 Å². The summed E-state index contributed by atoms with van der Waals surface area (Å²) in [6, 6.07) is 8.19. The zero-order valence-corrected chi connectivity index (χ0v) is 12.0. The van der Waals surface area contributed by atoms with Gasteiger partial charge in [-0.3, -0.25) is 15.5 Å². The van der Waals surface area contributed by atoms with E-state index in [-0.39, 0.29) is 5.69 Å². The maximum Gasteiger partial charge on any atom is 0.287 e. The van der Waals surface area contributed by atoms with Gasteiger partial charge in [0.1, 0.15) is 23.5 Å². The lowest BCUT2D eigenvalue weighted by Gasteiger charge is -2.09. The lowest BCUT2D eigenvalue weighted by molar-refractivity contribution is -0.385. The summed E-state index contributed by atoms with van der Waals surface area (Å²) in [7, 11) is 3.11. The quantitative estimate of drug-likeness (QED) is 0.500. The highest BCUT2D eigenvalue weighted by atomic mass is 16.6. The number of benzene rings is 1. The molecule has 8 heteroatoms. The van der Waals surface area contributed by atoms with Crippen LogP contribution in [0, 0.1) is 10.1 Å². The molecule has 1 aromatic carbocycles. The minimum absolute atomic E-state index is 0.0825. The van der Waals surface area contributed by atoms with Crippen LogP contribution in [-0.2, 0) is 0 Å². The zero-order chi connectivity index (χ0) is 15.9. The Bertz CT molecular complexity index is 663. The fourth-order valence-electron chi connectivity index (χ4n) is 1.73. The second-order valence-electron chi connectivity index (χ2n) is 4.10. The number of nitrogens with one attached hydrogen (secondary N) is 1. The molecule has 0 saturated heterocycles. The summed E-state index contributed by atoms with van der Waals surface area (Å²) in [6.07, 6.45) is 2.68. The van der Waals surface area contributed by atoms with Crippen molar-refractivity contribution in [3.63, 3.8) is 0 Å². The van der Waals surface area contributed by atoms with Crippen LogP contribution >= 0.6 is 0 Å². The lowest BCUT2D eigenvalue weighted by Crippen LogP contribution is -1.98. The highest BCUT2D eigenvalue weighted by Crippen LogP contribution is 2.26. The van der Waals surface area contributed by atoms with Gasteiger partial charge >= 0.3 is 0 Å². The highest BCUT2D eigenvalue weighted by Gasteiger charge is 2.07. The maximum absolute atomic E-state index is 10.5. The Morgan fingerprint density at radius 2 is 1.91 bits per heavy atom. The maximum atomic E-state index is 10.5. The number of hydrazone groups is 1. The van der Waals surface area contributed by atoms with Crippen molar-refractivity contribution in [1.82, 2.24) is 4.98 Å². The van der Waals surface area contributed by atoms with E-state index < -0.39 is 4.92 Å². The normalized spacial score (nSPS) is 10.5. The van der Waals surface area contributed by atoms with Crippen LogP contribution in [0.4, 0.5) is 11.5 Å². The average molecular weight is 302 g/mol. The van der Waals surface area contributed by atoms with Gasteiger partial charge in [0.05, 0.1) is 30.9 Å². The summed E-state index contributed by atoms with van der Waals surface area (Å²) in [4.78, 5) is 13.9. The molecule has 0 radical (unpaired) electrons. The minimum Gasteiger partial charge on any atom is -0.496 e. The molecule has 0 aliphatic rings. The third kappa shape index (κ3) is 3.48. The van der Waals surface area contributed by atoms with Crippen LogP contribution in [-0.4, -0.2) is 30.3 Å². The predicted octanol–water partition coefficient (Wildman–Crippen LogP) is 2.45. The van der Waals surface area contributed by atoms with Crippen molar-refractivity contribution >= 4 is 17.7 Å². The molecule has 1 heterocycles. The molecule has 114 valence electrons. The second kappa shape index (κ2) is 7.02. The topological polar surface area (TPSA) is 98.9 Å². The van der Waals surface area contributed by atoms with E-state index >= 15 is 0 Å². The van der Waals surface area contributed by atoms with E-state index in [0.29, 0.717) is 22.9 Å². The SMILES string of the molecule is COc1cccc(OC)c1/C=N\Nc1ccc([N+](=O)[O-])cn1. The number of anilines is 1. The molecular weight excluding hydrogens is 288 g/mol. The summed E-state index contributed by atoms with van der Waals surface area (Å²) in [5, 5.41) is 14.6. The molecule has 22 heavy (non-hydrogen) atoms. The molecule has 0 atom stereocenters. The van der Waals surface area contributed by atoms with Gasteiger partial charge in [-0.2, -0.15) is 5.10 Å². The van der Waals surface area contributed by atoms with Gasteiger partial charge in [-0.05, 0) is 18.2 Å². The van der Waals surface area contributed by atoms with Crippen LogP contribution < -0.4 is 14.9 Å². The van der Waals surface area contributed by atoms with Crippen molar-refractivity contribution < 1.29 is 14.4 Å². The van der Waals surface area contributed by atoms with Gasteiger partial charge in [0.2, 0.25) is 0 Å². The molecule has 2 aromatic rings. The largest absolute Gasteiger partial charge is 0.496 e. The fourth-order valence-corrected chi connectivity index (χ4v) is 1.73.